The van der Waals surface area contributed by atoms with Gasteiger partial charge in [-0.2, -0.15) is 0 Å². The minimum Gasteiger partial charge on any atom is -0.324 e. The highest BCUT2D eigenvalue weighted by molar-refractivity contribution is 6.07. The molecule has 3 heterocycles. The summed E-state index contributed by atoms with van der Waals surface area (Å²) in [6.07, 6.45) is 2.29. The van der Waals surface area contributed by atoms with Crippen molar-refractivity contribution >= 4 is 41.7 Å². The van der Waals surface area contributed by atoms with Crippen LogP contribution in [0.5, 0.6) is 0 Å². The summed E-state index contributed by atoms with van der Waals surface area (Å²) in [5.41, 5.74) is 1.81. The Morgan fingerprint density at radius 3 is 2.70 bits per heavy atom. The van der Waals surface area contributed by atoms with Crippen molar-refractivity contribution in [2.75, 3.05) is 11.9 Å². The first-order valence-electron chi connectivity index (χ1n) is 8.85. The van der Waals surface area contributed by atoms with Crippen molar-refractivity contribution in [1.82, 2.24) is 15.5 Å². The smallest absolute Gasteiger partial charge is 0.255 e. The Kier molecular flexibility index (Phi) is 5.48. The molecular formula is C18H21ClN4O4. The summed E-state index contributed by atoms with van der Waals surface area (Å²) < 4.78 is 0. The Balaban J connectivity index is 0.00000210. The van der Waals surface area contributed by atoms with Crippen LogP contribution >= 0.6 is 12.4 Å². The third-order valence-electron chi connectivity index (χ3n) is 5.22. The van der Waals surface area contributed by atoms with Crippen molar-refractivity contribution in [1.29, 1.82) is 0 Å². The number of hydrogen-bond acceptors (Lipinski definition) is 5. The van der Waals surface area contributed by atoms with E-state index in [9.17, 15) is 19.2 Å². The fourth-order valence-electron chi connectivity index (χ4n) is 3.83. The van der Waals surface area contributed by atoms with Crippen molar-refractivity contribution in [3.05, 3.63) is 29.3 Å². The molecule has 0 bridgehead atoms. The lowest BCUT2D eigenvalue weighted by molar-refractivity contribution is -0.137. The maximum atomic E-state index is 12.8. The van der Waals surface area contributed by atoms with Crippen molar-refractivity contribution in [2.24, 2.45) is 0 Å². The first-order valence-corrected chi connectivity index (χ1v) is 8.85. The number of nitrogens with zero attached hydrogens (tertiary/aromatic N) is 1. The van der Waals surface area contributed by atoms with Crippen LogP contribution in [0.3, 0.4) is 0 Å². The number of amides is 4. The number of imide groups is 1. The maximum Gasteiger partial charge on any atom is 0.255 e. The van der Waals surface area contributed by atoms with Gasteiger partial charge in [0, 0.05) is 29.8 Å². The average Bonchev–Trinajstić information content (AvgIpc) is 3.25. The van der Waals surface area contributed by atoms with Crippen molar-refractivity contribution in [2.45, 2.75) is 44.3 Å². The number of hydrogen-bond donors (Lipinski definition) is 3. The predicted molar refractivity (Wildman–Crippen MR) is 99.4 cm³/mol. The van der Waals surface area contributed by atoms with Gasteiger partial charge in [-0.3, -0.25) is 24.5 Å². The number of nitrogens with one attached hydrogen (secondary N) is 3. The van der Waals surface area contributed by atoms with E-state index in [1.807, 2.05) is 0 Å². The van der Waals surface area contributed by atoms with Gasteiger partial charge in [0.2, 0.25) is 17.7 Å². The summed E-state index contributed by atoms with van der Waals surface area (Å²) in [5.74, 6) is -1.11. The summed E-state index contributed by atoms with van der Waals surface area (Å²) in [6.45, 7) is 1.07. The number of anilines is 1. The van der Waals surface area contributed by atoms with E-state index in [1.165, 1.54) is 4.90 Å². The molecule has 0 spiro atoms. The monoisotopic (exact) mass is 392 g/mol. The van der Waals surface area contributed by atoms with E-state index in [2.05, 4.69) is 16.0 Å². The molecule has 2 fully saturated rings. The number of fused-ring (bicyclic) bond motifs is 1. The van der Waals surface area contributed by atoms with Gasteiger partial charge in [0.05, 0.1) is 6.04 Å². The molecule has 3 N–H and O–H groups in total. The molecular weight excluding hydrogens is 372 g/mol. The van der Waals surface area contributed by atoms with Crippen LogP contribution in [0.2, 0.25) is 0 Å². The Hall–Kier alpha value is -2.45. The molecule has 0 aromatic heterocycles. The third kappa shape index (κ3) is 3.54. The average molecular weight is 393 g/mol. The lowest BCUT2D eigenvalue weighted by Gasteiger charge is -2.29. The zero-order chi connectivity index (χ0) is 18.3. The normalized spacial score (nSPS) is 24.3. The second-order valence-electron chi connectivity index (χ2n) is 6.87. The van der Waals surface area contributed by atoms with E-state index in [0.29, 0.717) is 23.2 Å². The van der Waals surface area contributed by atoms with E-state index in [1.54, 1.807) is 18.2 Å². The molecule has 4 rings (SSSR count). The molecule has 2 unspecified atom stereocenters. The van der Waals surface area contributed by atoms with E-state index in [4.69, 9.17) is 0 Å². The van der Waals surface area contributed by atoms with Crippen LogP contribution in [-0.4, -0.2) is 47.2 Å². The van der Waals surface area contributed by atoms with E-state index in [-0.39, 0.29) is 49.1 Å². The van der Waals surface area contributed by atoms with Crippen LogP contribution in [0.25, 0.3) is 0 Å². The molecule has 144 valence electrons. The lowest BCUT2D eigenvalue weighted by atomic mass is 10.0. The molecule has 1 aromatic rings. The lowest BCUT2D eigenvalue weighted by Crippen LogP contribution is -2.52. The second kappa shape index (κ2) is 7.66. The highest BCUT2D eigenvalue weighted by Gasteiger charge is 2.40. The molecule has 1 aromatic carbocycles. The topological polar surface area (TPSA) is 108 Å². The Morgan fingerprint density at radius 1 is 1.19 bits per heavy atom. The number of carbonyl (C=O) groups is 4. The maximum absolute atomic E-state index is 12.8. The Morgan fingerprint density at radius 2 is 2.00 bits per heavy atom. The van der Waals surface area contributed by atoms with Crippen LogP contribution < -0.4 is 16.0 Å². The summed E-state index contributed by atoms with van der Waals surface area (Å²) in [5, 5.41) is 8.35. The van der Waals surface area contributed by atoms with Gasteiger partial charge in [-0.15, -0.1) is 12.4 Å². The van der Waals surface area contributed by atoms with Crippen LogP contribution in [0, 0.1) is 0 Å². The predicted octanol–water partition coefficient (Wildman–Crippen LogP) is 0.560. The number of piperidine rings is 1. The first-order chi connectivity index (χ1) is 12.5. The molecule has 0 saturated carbocycles. The van der Waals surface area contributed by atoms with Crippen molar-refractivity contribution in [3.8, 4) is 0 Å². The van der Waals surface area contributed by atoms with Gasteiger partial charge in [0.15, 0.2) is 0 Å². The van der Waals surface area contributed by atoms with E-state index in [0.717, 1.165) is 19.4 Å². The zero-order valence-corrected chi connectivity index (χ0v) is 15.4. The minimum absolute atomic E-state index is 0. The fraction of sp³-hybridized carbons (Fsp3) is 0.444. The summed E-state index contributed by atoms with van der Waals surface area (Å²) in [6, 6.07) is 4.32. The molecule has 3 aliphatic heterocycles. The van der Waals surface area contributed by atoms with Gasteiger partial charge in [0.1, 0.15) is 6.04 Å². The minimum atomic E-state index is -0.660. The standard InChI is InChI=1S/C18H20N4O4.ClH/c23-15-7-6-14(17(25)21-15)22-9-11-10(18(22)26)3-1-4-12(11)20-16(24)13-5-2-8-19-13;/h1,3-4,13-14,19H,2,5-9H2,(H,20,24)(H,21,23,25);1H. The van der Waals surface area contributed by atoms with Gasteiger partial charge >= 0.3 is 0 Å². The summed E-state index contributed by atoms with van der Waals surface area (Å²) in [4.78, 5) is 50.1. The summed E-state index contributed by atoms with van der Waals surface area (Å²) in [7, 11) is 0. The molecule has 2 saturated heterocycles. The molecule has 3 aliphatic rings. The molecule has 4 amide bonds. The van der Waals surface area contributed by atoms with E-state index >= 15 is 0 Å². The molecule has 8 nitrogen and oxygen atoms in total. The molecule has 27 heavy (non-hydrogen) atoms. The van der Waals surface area contributed by atoms with Crippen molar-refractivity contribution in [3.63, 3.8) is 0 Å². The first kappa shape index (κ1) is 19.3. The largest absolute Gasteiger partial charge is 0.324 e. The number of benzene rings is 1. The number of halogens is 1. The van der Waals surface area contributed by atoms with Gasteiger partial charge in [0.25, 0.3) is 5.91 Å². The highest BCUT2D eigenvalue weighted by atomic mass is 35.5. The van der Waals surface area contributed by atoms with Gasteiger partial charge in [-0.05, 0) is 37.9 Å². The van der Waals surface area contributed by atoms with Crippen LogP contribution in [-0.2, 0) is 20.9 Å². The molecule has 2 atom stereocenters. The Bertz CT molecular complexity index is 807. The van der Waals surface area contributed by atoms with Gasteiger partial charge in [-0.25, -0.2) is 0 Å². The van der Waals surface area contributed by atoms with Crippen molar-refractivity contribution < 1.29 is 19.2 Å². The van der Waals surface area contributed by atoms with Crippen LogP contribution in [0.15, 0.2) is 18.2 Å². The van der Waals surface area contributed by atoms with Gasteiger partial charge < -0.3 is 15.5 Å². The zero-order valence-electron chi connectivity index (χ0n) is 14.6. The SMILES string of the molecule is Cl.O=C1CCC(N2Cc3c(NC(=O)C4CCCN4)cccc3C2=O)C(=O)N1. The second-order valence-corrected chi connectivity index (χ2v) is 6.87. The highest BCUT2D eigenvalue weighted by Crippen LogP contribution is 2.32. The quantitative estimate of drug-likeness (QED) is 0.651. The van der Waals surface area contributed by atoms with Crippen LogP contribution in [0.4, 0.5) is 5.69 Å². The molecule has 0 radical (unpaired) electrons. The fourth-order valence-corrected chi connectivity index (χ4v) is 3.83. The summed E-state index contributed by atoms with van der Waals surface area (Å²) >= 11 is 0. The Labute approximate surface area is 162 Å². The third-order valence-corrected chi connectivity index (χ3v) is 5.22. The molecule has 9 heteroatoms. The molecule has 0 aliphatic carbocycles. The van der Waals surface area contributed by atoms with E-state index < -0.39 is 11.9 Å². The number of rotatable bonds is 3. The van der Waals surface area contributed by atoms with Gasteiger partial charge in [-0.1, -0.05) is 6.07 Å². The van der Waals surface area contributed by atoms with Crippen LogP contribution in [0.1, 0.15) is 41.6 Å². The number of carbonyl (C=O) groups excluding carboxylic acids is 4.